The van der Waals surface area contributed by atoms with Crippen molar-refractivity contribution < 1.29 is 4.79 Å². The highest BCUT2D eigenvalue weighted by Gasteiger charge is 2.07. The molecular weight excluding hydrogens is 306 g/mol. The van der Waals surface area contributed by atoms with Crippen molar-refractivity contribution in [2.75, 3.05) is 5.32 Å². The Hall–Kier alpha value is -2.14. The van der Waals surface area contributed by atoms with Crippen LogP contribution in [0.4, 0.5) is 5.69 Å². The molecule has 4 nitrogen and oxygen atoms in total. The van der Waals surface area contributed by atoms with Crippen molar-refractivity contribution in [2.45, 2.75) is 0 Å². The lowest BCUT2D eigenvalue weighted by atomic mass is 10.1. The standard InChI is InChI=1S/C14H10BrN3O/c15-12-4-3-9-5-11(2-1-10(9)6-12)14(19)18-13-7-16-17-8-13/h1-8H,(H,16,17)(H,18,19). The first-order valence-electron chi connectivity index (χ1n) is 5.72. The first-order chi connectivity index (χ1) is 9.22. The Morgan fingerprint density at radius 1 is 1.16 bits per heavy atom. The van der Waals surface area contributed by atoms with Crippen LogP contribution in [-0.2, 0) is 0 Å². The molecule has 2 aromatic carbocycles. The number of carbonyl (C=O) groups is 1. The minimum Gasteiger partial charge on any atom is -0.319 e. The highest BCUT2D eigenvalue weighted by molar-refractivity contribution is 9.10. The van der Waals surface area contributed by atoms with E-state index in [0.717, 1.165) is 15.2 Å². The van der Waals surface area contributed by atoms with Crippen LogP contribution >= 0.6 is 15.9 Å². The lowest BCUT2D eigenvalue weighted by Gasteiger charge is -2.04. The highest BCUT2D eigenvalue weighted by atomic mass is 79.9. The number of anilines is 1. The number of aromatic amines is 1. The molecule has 5 heteroatoms. The van der Waals surface area contributed by atoms with Crippen LogP contribution in [0, 0.1) is 0 Å². The zero-order valence-corrected chi connectivity index (χ0v) is 11.4. The van der Waals surface area contributed by atoms with Crippen LogP contribution in [-0.4, -0.2) is 16.1 Å². The number of rotatable bonds is 2. The van der Waals surface area contributed by atoms with Gasteiger partial charge < -0.3 is 5.32 Å². The summed E-state index contributed by atoms with van der Waals surface area (Å²) in [5, 5.41) is 11.3. The lowest BCUT2D eigenvalue weighted by molar-refractivity contribution is 0.102. The molecule has 0 radical (unpaired) electrons. The number of carbonyl (C=O) groups excluding carboxylic acids is 1. The Balaban J connectivity index is 1.92. The maximum absolute atomic E-state index is 12.1. The van der Waals surface area contributed by atoms with E-state index in [9.17, 15) is 4.79 Å². The van der Waals surface area contributed by atoms with Gasteiger partial charge in [0.15, 0.2) is 0 Å². The normalized spacial score (nSPS) is 10.6. The zero-order valence-electron chi connectivity index (χ0n) is 9.85. The van der Waals surface area contributed by atoms with Gasteiger partial charge in [0.25, 0.3) is 5.91 Å². The van der Waals surface area contributed by atoms with Gasteiger partial charge in [-0.3, -0.25) is 9.89 Å². The fraction of sp³-hybridized carbons (Fsp3) is 0. The van der Waals surface area contributed by atoms with Crippen LogP contribution in [0.3, 0.4) is 0 Å². The molecule has 3 rings (SSSR count). The summed E-state index contributed by atoms with van der Waals surface area (Å²) in [7, 11) is 0. The molecule has 3 aromatic rings. The van der Waals surface area contributed by atoms with Gasteiger partial charge in [0.2, 0.25) is 0 Å². The van der Waals surface area contributed by atoms with Gasteiger partial charge >= 0.3 is 0 Å². The zero-order chi connectivity index (χ0) is 13.2. The average molecular weight is 316 g/mol. The minimum atomic E-state index is -0.147. The second-order valence-corrected chi connectivity index (χ2v) is 5.06. The van der Waals surface area contributed by atoms with Crippen molar-refractivity contribution in [3.05, 3.63) is 58.8 Å². The first-order valence-corrected chi connectivity index (χ1v) is 6.51. The number of hydrogen-bond donors (Lipinski definition) is 2. The summed E-state index contributed by atoms with van der Waals surface area (Å²) in [6, 6.07) is 11.6. The first kappa shape index (κ1) is 11.9. The fourth-order valence-corrected chi connectivity index (χ4v) is 2.26. The molecule has 2 N–H and O–H groups in total. The Bertz CT molecular complexity index is 738. The van der Waals surface area contributed by atoms with Crippen LogP contribution in [0.25, 0.3) is 10.8 Å². The predicted molar refractivity (Wildman–Crippen MR) is 78.2 cm³/mol. The second-order valence-electron chi connectivity index (χ2n) is 4.15. The summed E-state index contributed by atoms with van der Waals surface area (Å²) in [5.41, 5.74) is 1.27. The van der Waals surface area contributed by atoms with E-state index < -0.39 is 0 Å². The molecule has 1 amide bonds. The van der Waals surface area contributed by atoms with Gasteiger partial charge in [-0.15, -0.1) is 0 Å². The minimum absolute atomic E-state index is 0.147. The van der Waals surface area contributed by atoms with Gasteiger partial charge in [-0.25, -0.2) is 0 Å². The van der Waals surface area contributed by atoms with Gasteiger partial charge in [0.1, 0.15) is 0 Å². The van der Waals surface area contributed by atoms with Crippen molar-refractivity contribution in [1.82, 2.24) is 10.2 Å². The number of nitrogens with zero attached hydrogens (tertiary/aromatic N) is 1. The summed E-state index contributed by atoms with van der Waals surface area (Å²) in [6.45, 7) is 0. The van der Waals surface area contributed by atoms with E-state index in [1.54, 1.807) is 12.4 Å². The van der Waals surface area contributed by atoms with Crippen molar-refractivity contribution in [3.8, 4) is 0 Å². The quantitative estimate of drug-likeness (QED) is 0.759. The van der Waals surface area contributed by atoms with E-state index in [0.29, 0.717) is 11.3 Å². The van der Waals surface area contributed by atoms with Crippen LogP contribution in [0.15, 0.2) is 53.3 Å². The molecule has 19 heavy (non-hydrogen) atoms. The van der Waals surface area contributed by atoms with Gasteiger partial charge in [-0.05, 0) is 35.0 Å². The molecule has 1 heterocycles. The topological polar surface area (TPSA) is 57.8 Å². The fourth-order valence-electron chi connectivity index (χ4n) is 1.88. The molecule has 0 fully saturated rings. The second kappa shape index (κ2) is 4.85. The molecule has 0 saturated heterocycles. The summed E-state index contributed by atoms with van der Waals surface area (Å²) >= 11 is 3.43. The van der Waals surface area contributed by atoms with Crippen LogP contribution in [0.2, 0.25) is 0 Å². The van der Waals surface area contributed by atoms with Gasteiger partial charge in [-0.1, -0.05) is 28.1 Å². The number of amides is 1. The van der Waals surface area contributed by atoms with Crippen molar-refractivity contribution >= 4 is 38.3 Å². The number of hydrogen-bond acceptors (Lipinski definition) is 2. The van der Waals surface area contributed by atoms with Crippen LogP contribution < -0.4 is 5.32 Å². The Labute approximate surface area is 118 Å². The molecule has 0 aliphatic rings. The van der Waals surface area contributed by atoms with Crippen LogP contribution in [0.5, 0.6) is 0 Å². The highest BCUT2D eigenvalue weighted by Crippen LogP contribution is 2.21. The maximum atomic E-state index is 12.1. The predicted octanol–water partition coefficient (Wildman–Crippen LogP) is 3.58. The number of halogens is 1. The van der Waals surface area contributed by atoms with Gasteiger partial charge in [0, 0.05) is 16.2 Å². The molecule has 0 spiro atoms. The van der Waals surface area contributed by atoms with Crippen molar-refractivity contribution in [3.63, 3.8) is 0 Å². The molecule has 94 valence electrons. The summed E-state index contributed by atoms with van der Waals surface area (Å²) < 4.78 is 1.02. The molecule has 0 unspecified atom stereocenters. The molecule has 0 saturated carbocycles. The average Bonchev–Trinajstić information content (AvgIpc) is 2.91. The number of H-pyrrole nitrogens is 1. The van der Waals surface area contributed by atoms with E-state index in [-0.39, 0.29) is 5.91 Å². The molecule has 0 aliphatic heterocycles. The van der Waals surface area contributed by atoms with E-state index in [4.69, 9.17) is 0 Å². The third kappa shape index (κ3) is 2.51. The lowest BCUT2D eigenvalue weighted by Crippen LogP contribution is -2.11. The summed E-state index contributed by atoms with van der Waals surface area (Å²) in [6.07, 6.45) is 3.20. The molecular formula is C14H10BrN3O. The Morgan fingerprint density at radius 3 is 2.74 bits per heavy atom. The molecule has 1 aromatic heterocycles. The molecule has 0 atom stereocenters. The maximum Gasteiger partial charge on any atom is 0.255 e. The molecule has 0 aliphatic carbocycles. The summed E-state index contributed by atoms with van der Waals surface area (Å²) in [5.74, 6) is -0.147. The SMILES string of the molecule is O=C(Nc1cn[nH]c1)c1ccc2cc(Br)ccc2c1. The van der Waals surface area contributed by atoms with E-state index in [2.05, 4.69) is 31.4 Å². The third-order valence-electron chi connectivity index (χ3n) is 2.82. The third-order valence-corrected chi connectivity index (χ3v) is 3.31. The van der Waals surface area contributed by atoms with E-state index in [1.807, 2.05) is 36.4 Å². The van der Waals surface area contributed by atoms with Crippen molar-refractivity contribution in [2.24, 2.45) is 0 Å². The Morgan fingerprint density at radius 2 is 1.95 bits per heavy atom. The van der Waals surface area contributed by atoms with E-state index >= 15 is 0 Å². The smallest absolute Gasteiger partial charge is 0.255 e. The Kier molecular flexibility index (Phi) is 3.05. The number of aromatic nitrogens is 2. The van der Waals surface area contributed by atoms with Crippen molar-refractivity contribution in [1.29, 1.82) is 0 Å². The largest absolute Gasteiger partial charge is 0.319 e. The summed E-state index contributed by atoms with van der Waals surface area (Å²) in [4.78, 5) is 12.1. The number of fused-ring (bicyclic) bond motifs is 1. The van der Waals surface area contributed by atoms with Crippen LogP contribution in [0.1, 0.15) is 10.4 Å². The monoisotopic (exact) mass is 315 g/mol. The van der Waals surface area contributed by atoms with E-state index in [1.165, 1.54) is 0 Å². The van der Waals surface area contributed by atoms with Gasteiger partial charge in [0.05, 0.1) is 11.9 Å². The number of benzene rings is 2. The van der Waals surface area contributed by atoms with Gasteiger partial charge in [-0.2, -0.15) is 5.10 Å². The number of nitrogens with one attached hydrogen (secondary N) is 2. The molecule has 0 bridgehead atoms.